The van der Waals surface area contributed by atoms with Gasteiger partial charge in [0, 0.05) is 29.4 Å². The normalized spacial score (nSPS) is 11.6. The van der Waals surface area contributed by atoms with Gasteiger partial charge in [-0.25, -0.2) is 4.79 Å². The fraction of sp³-hybridized carbons (Fsp3) is 0.219. The van der Waals surface area contributed by atoms with Gasteiger partial charge in [-0.3, -0.25) is 0 Å². The number of aromatic amines is 1. The van der Waals surface area contributed by atoms with Crippen LogP contribution in [0.15, 0.2) is 91.0 Å². The number of carbonyl (C=O) groups is 1. The molecule has 0 fully saturated rings. The molecule has 2 N–H and O–H groups in total. The molecule has 0 spiro atoms. The summed E-state index contributed by atoms with van der Waals surface area (Å²) in [5.41, 5.74) is 2.36. The molecule has 1 heterocycles. The van der Waals surface area contributed by atoms with E-state index >= 15 is 0 Å². The van der Waals surface area contributed by atoms with Gasteiger partial charge < -0.3 is 38.8 Å². The van der Waals surface area contributed by atoms with Gasteiger partial charge in [0.2, 0.25) is 0 Å². The number of hydrogen-bond donors (Lipinski definition) is 2. The van der Waals surface area contributed by atoms with Crippen LogP contribution in [0.2, 0.25) is 0 Å². The van der Waals surface area contributed by atoms with E-state index in [1.165, 1.54) is 12.1 Å². The van der Waals surface area contributed by atoms with Crippen LogP contribution in [0.4, 0.5) is 4.79 Å². The first kappa shape index (κ1) is 30.0. The number of fused-ring (bicyclic) bond motifs is 3. The Morgan fingerprint density at radius 3 is 2.50 bits per heavy atom. The van der Waals surface area contributed by atoms with Gasteiger partial charge in [-0.1, -0.05) is 48.5 Å². The number of rotatable bonds is 15. The van der Waals surface area contributed by atoms with Crippen LogP contribution in [0.25, 0.3) is 21.8 Å². The molecule has 12 nitrogen and oxygen atoms in total. The van der Waals surface area contributed by atoms with Gasteiger partial charge in [0.1, 0.15) is 31.3 Å². The van der Waals surface area contributed by atoms with Crippen molar-refractivity contribution < 1.29 is 38.4 Å². The van der Waals surface area contributed by atoms with Gasteiger partial charge in [0.05, 0.1) is 12.6 Å². The molecule has 0 aliphatic rings. The van der Waals surface area contributed by atoms with Crippen molar-refractivity contribution in [1.82, 2.24) is 10.3 Å². The topological polar surface area (TPSA) is 143 Å². The number of para-hydroxylation sites is 3. The highest BCUT2D eigenvalue weighted by molar-refractivity contribution is 6.10. The molecule has 44 heavy (non-hydrogen) atoms. The summed E-state index contributed by atoms with van der Waals surface area (Å²) < 4.78 is 28.3. The predicted octanol–water partition coefficient (Wildman–Crippen LogP) is 5.67. The van der Waals surface area contributed by atoms with E-state index in [4.69, 9.17) is 23.7 Å². The number of ether oxygens (including phenoxy) is 5. The molecule has 228 valence electrons. The Morgan fingerprint density at radius 2 is 1.66 bits per heavy atom. The first-order chi connectivity index (χ1) is 21.5. The third kappa shape index (κ3) is 7.86. The maximum absolute atomic E-state index is 12.8. The van der Waals surface area contributed by atoms with E-state index in [-0.39, 0.29) is 25.5 Å². The first-order valence-electron chi connectivity index (χ1n) is 13.8. The molecular weight excluding hydrogens is 570 g/mol. The second-order valence-electron chi connectivity index (χ2n) is 9.60. The second kappa shape index (κ2) is 14.6. The van der Waals surface area contributed by atoms with Crippen molar-refractivity contribution in [3.63, 3.8) is 0 Å². The van der Waals surface area contributed by atoms with Crippen molar-refractivity contribution in [2.75, 3.05) is 33.4 Å². The highest BCUT2D eigenvalue weighted by atomic mass is 16.9. The minimum atomic E-state index is -0.955. The van der Waals surface area contributed by atoms with Crippen LogP contribution in [0.1, 0.15) is 5.56 Å². The Labute approximate surface area is 252 Å². The summed E-state index contributed by atoms with van der Waals surface area (Å²) in [5.74, 6) is 2.04. The molecule has 12 heteroatoms. The van der Waals surface area contributed by atoms with Gasteiger partial charge in [-0.05, 0) is 48.0 Å². The molecule has 1 aromatic heterocycles. The third-order valence-electron chi connectivity index (χ3n) is 6.59. The van der Waals surface area contributed by atoms with Crippen LogP contribution in [0.5, 0.6) is 23.0 Å². The van der Waals surface area contributed by atoms with Gasteiger partial charge in [-0.2, -0.15) is 0 Å². The van der Waals surface area contributed by atoms with Crippen molar-refractivity contribution >= 4 is 28.0 Å². The minimum Gasteiger partial charge on any atom is -0.493 e. The van der Waals surface area contributed by atoms with Crippen LogP contribution in [-0.2, 0) is 16.2 Å². The molecule has 0 aliphatic carbocycles. The van der Waals surface area contributed by atoms with E-state index in [1.54, 1.807) is 19.2 Å². The number of benzene rings is 4. The zero-order chi connectivity index (χ0) is 30.7. The van der Waals surface area contributed by atoms with E-state index in [0.717, 1.165) is 21.8 Å². The zero-order valence-electron chi connectivity index (χ0n) is 23.9. The van der Waals surface area contributed by atoms with E-state index in [1.807, 2.05) is 66.7 Å². The lowest BCUT2D eigenvalue weighted by atomic mass is 10.1. The van der Waals surface area contributed by atoms with E-state index in [9.17, 15) is 14.9 Å². The Hall–Kier alpha value is -5.49. The minimum absolute atomic E-state index is 0.0325. The zero-order valence-corrected chi connectivity index (χ0v) is 23.9. The number of nitrogens with zero attached hydrogens (tertiary/aromatic N) is 1. The molecule has 1 unspecified atom stereocenters. The molecule has 0 bridgehead atoms. The summed E-state index contributed by atoms with van der Waals surface area (Å²) in [6, 6.07) is 27.2. The number of carbonyl (C=O) groups excluding carboxylic acids is 1. The molecule has 0 radical (unpaired) electrons. The largest absolute Gasteiger partial charge is 0.514 e. The number of methoxy groups -OCH3 is 1. The SMILES string of the molecule is COc1ccccc1OCCNCC(COc1cccc2[nH]c3ccccc3c12)OC(=O)Oc1cccc(CO[N+](=O)[O-])c1. The first-order valence-corrected chi connectivity index (χ1v) is 13.8. The predicted molar refractivity (Wildman–Crippen MR) is 162 cm³/mol. The summed E-state index contributed by atoms with van der Waals surface area (Å²) in [6.45, 7) is 0.779. The fourth-order valence-corrected chi connectivity index (χ4v) is 4.62. The lowest BCUT2D eigenvalue weighted by Gasteiger charge is -2.19. The number of nitrogens with one attached hydrogen (secondary N) is 2. The standard InChI is InChI=1S/C32H31N3O9/c1-39-28-13-4-5-14-29(28)40-17-16-33-19-24(44-32(36)43-23-9-6-8-22(18-23)20-42-35(37)38)21-41-30-15-7-12-27-31(30)25-10-2-3-11-26(25)34-27/h2-15,18,24,33-34H,16-17,19-21H2,1H3. The summed E-state index contributed by atoms with van der Waals surface area (Å²) in [5, 5.41) is 14.8. The van der Waals surface area contributed by atoms with E-state index in [2.05, 4.69) is 15.1 Å². The van der Waals surface area contributed by atoms with Gasteiger partial charge in [0.15, 0.2) is 17.6 Å². The Kier molecular flexibility index (Phi) is 9.95. The highest BCUT2D eigenvalue weighted by Crippen LogP contribution is 2.33. The van der Waals surface area contributed by atoms with Crippen molar-refractivity contribution in [3.05, 3.63) is 107 Å². The lowest BCUT2D eigenvalue weighted by Crippen LogP contribution is -2.37. The molecule has 1 atom stereocenters. The molecule has 5 rings (SSSR count). The number of hydrogen-bond acceptors (Lipinski definition) is 10. The second-order valence-corrected chi connectivity index (χ2v) is 9.60. The average molecular weight is 602 g/mol. The summed E-state index contributed by atoms with van der Waals surface area (Å²) in [4.78, 5) is 31.1. The van der Waals surface area contributed by atoms with Crippen LogP contribution < -0.4 is 24.3 Å². The number of aromatic nitrogens is 1. The molecule has 5 aromatic rings. The Bertz CT molecular complexity index is 1720. The molecular formula is C32H31N3O9. The van der Waals surface area contributed by atoms with Gasteiger partial charge in [0.25, 0.3) is 5.09 Å². The van der Waals surface area contributed by atoms with Crippen molar-refractivity contribution in [1.29, 1.82) is 0 Å². The van der Waals surface area contributed by atoms with Crippen molar-refractivity contribution in [2.45, 2.75) is 12.7 Å². The molecule has 0 saturated carbocycles. The summed E-state index contributed by atoms with van der Waals surface area (Å²) in [6.07, 6.45) is -1.70. The summed E-state index contributed by atoms with van der Waals surface area (Å²) in [7, 11) is 1.58. The van der Waals surface area contributed by atoms with E-state index < -0.39 is 17.3 Å². The lowest BCUT2D eigenvalue weighted by molar-refractivity contribution is -0.763. The Morgan fingerprint density at radius 1 is 0.909 bits per heavy atom. The van der Waals surface area contributed by atoms with Gasteiger partial charge >= 0.3 is 6.16 Å². The van der Waals surface area contributed by atoms with Crippen LogP contribution >= 0.6 is 0 Å². The quantitative estimate of drug-likeness (QED) is 0.0506. The maximum Gasteiger partial charge on any atom is 0.514 e. The monoisotopic (exact) mass is 601 g/mol. The molecule has 4 aromatic carbocycles. The van der Waals surface area contributed by atoms with E-state index in [0.29, 0.717) is 36.0 Å². The van der Waals surface area contributed by atoms with Crippen molar-refractivity contribution in [3.8, 4) is 23.0 Å². The molecule has 0 amide bonds. The Balaban J connectivity index is 1.23. The maximum atomic E-state index is 12.8. The number of H-pyrrole nitrogens is 1. The van der Waals surface area contributed by atoms with Crippen LogP contribution in [0, 0.1) is 10.1 Å². The summed E-state index contributed by atoms with van der Waals surface area (Å²) >= 11 is 0. The van der Waals surface area contributed by atoms with Gasteiger partial charge in [-0.15, -0.1) is 10.1 Å². The van der Waals surface area contributed by atoms with Crippen LogP contribution in [0.3, 0.4) is 0 Å². The molecule has 0 aliphatic heterocycles. The average Bonchev–Trinajstić information content (AvgIpc) is 3.42. The fourth-order valence-electron chi connectivity index (χ4n) is 4.62. The molecule has 0 saturated heterocycles. The smallest absolute Gasteiger partial charge is 0.493 e. The van der Waals surface area contributed by atoms with Crippen molar-refractivity contribution in [2.24, 2.45) is 0 Å². The van der Waals surface area contributed by atoms with Crippen LogP contribution in [-0.4, -0.2) is 55.7 Å². The third-order valence-corrected chi connectivity index (χ3v) is 6.59. The highest BCUT2D eigenvalue weighted by Gasteiger charge is 2.19.